The van der Waals surface area contributed by atoms with E-state index in [1.165, 1.54) is 83.5 Å². The molecular formula is C63H109N2O7P. The van der Waals surface area contributed by atoms with E-state index < -0.39 is 26.6 Å². The number of quaternary nitrogens is 1. The van der Waals surface area contributed by atoms with Crippen LogP contribution in [-0.4, -0.2) is 69.4 Å². The Hall–Kier alpha value is -3.33. The van der Waals surface area contributed by atoms with Gasteiger partial charge in [0.25, 0.3) is 7.82 Å². The lowest BCUT2D eigenvalue weighted by Gasteiger charge is -2.30. The van der Waals surface area contributed by atoms with Crippen LogP contribution in [0.4, 0.5) is 0 Å². The predicted octanol–water partition coefficient (Wildman–Crippen LogP) is 17.1. The summed E-state index contributed by atoms with van der Waals surface area (Å²) >= 11 is 0. The number of carbonyl (C=O) groups is 2. The van der Waals surface area contributed by atoms with Crippen molar-refractivity contribution in [3.05, 3.63) is 109 Å². The average Bonchev–Trinajstić information content (AvgIpc) is 3.35. The molecule has 0 radical (unpaired) electrons. The number of phosphoric ester groups is 1. The molecule has 9 nitrogen and oxygen atoms in total. The van der Waals surface area contributed by atoms with Gasteiger partial charge in [-0.3, -0.25) is 14.2 Å². The first-order valence-corrected chi connectivity index (χ1v) is 30.7. The molecular weight excluding hydrogens is 928 g/mol. The molecule has 0 saturated carbocycles. The quantitative estimate of drug-likeness (QED) is 0.0212. The number of likely N-dealkylation sites (N-methyl/N-ethyl adjacent to an activating group) is 1. The minimum atomic E-state index is -4.72. The van der Waals surface area contributed by atoms with E-state index in [4.69, 9.17) is 13.8 Å². The Morgan fingerprint density at radius 3 is 1.37 bits per heavy atom. The van der Waals surface area contributed by atoms with Crippen LogP contribution in [0.2, 0.25) is 0 Å². The first-order valence-electron chi connectivity index (χ1n) is 29.2. The van der Waals surface area contributed by atoms with E-state index in [-0.39, 0.29) is 31.3 Å². The molecule has 1 amide bonds. The average molecular weight is 1040 g/mol. The molecule has 0 aromatic heterocycles. The summed E-state index contributed by atoms with van der Waals surface area (Å²) in [6.07, 6.45) is 70.6. The van der Waals surface area contributed by atoms with Crippen molar-refractivity contribution in [1.82, 2.24) is 5.32 Å². The number of amides is 1. The lowest BCUT2D eigenvalue weighted by molar-refractivity contribution is -0.870. The molecule has 0 aliphatic rings. The first kappa shape index (κ1) is 69.7. The Bertz CT molecular complexity index is 1620. The van der Waals surface area contributed by atoms with Crippen molar-refractivity contribution < 1.29 is 37.3 Å². The molecule has 0 saturated heterocycles. The fraction of sp³-hybridized carbons (Fsp3) is 0.683. The fourth-order valence-electron chi connectivity index (χ4n) is 7.68. The van der Waals surface area contributed by atoms with E-state index in [1.54, 1.807) is 6.08 Å². The maximum atomic E-state index is 13.5. The van der Waals surface area contributed by atoms with Gasteiger partial charge in [0.2, 0.25) is 5.91 Å². The second kappa shape index (κ2) is 52.1. The van der Waals surface area contributed by atoms with Crippen LogP contribution in [0.1, 0.15) is 226 Å². The molecule has 1 N–H and O–H groups in total. The van der Waals surface area contributed by atoms with Crippen LogP contribution in [-0.2, 0) is 27.9 Å². The van der Waals surface area contributed by atoms with Gasteiger partial charge in [0.1, 0.15) is 19.3 Å². The van der Waals surface area contributed by atoms with Crippen molar-refractivity contribution in [2.24, 2.45) is 0 Å². The smallest absolute Gasteiger partial charge is 0.306 e. The highest BCUT2D eigenvalue weighted by Crippen LogP contribution is 2.38. The van der Waals surface area contributed by atoms with Gasteiger partial charge < -0.3 is 28.5 Å². The normalized spacial score (nSPS) is 14.6. The number of esters is 1. The zero-order chi connectivity index (χ0) is 53.6. The van der Waals surface area contributed by atoms with E-state index in [1.807, 2.05) is 27.2 Å². The SMILES string of the molecule is CC/C=C\C/C=C\C/C=C\C/C=C\C/C=C\CCCC(=O)NC(COP(=O)([O-])OCC[N+](C)(C)C)C(/C=C/CCCCCCCCCCCCC)OC(=O)CCCCCC/C=C\C/C=C\C/C=C\CCCCC. The molecule has 73 heavy (non-hydrogen) atoms. The van der Waals surface area contributed by atoms with Crippen molar-refractivity contribution in [2.45, 2.75) is 238 Å². The zero-order valence-electron chi connectivity index (χ0n) is 47.5. The van der Waals surface area contributed by atoms with Crippen LogP contribution in [0.3, 0.4) is 0 Å². The number of carbonyl (C=O) groups excluding carboxylic acids is 2. The molecule has 418 valence electrons. The number of rotatable bonds is 51. The molecule has 0 aliphatic heterocycles. The Morgan fingerprint density at radius 2 is 0.890 bits per heavy atom. The van der Waals surface area contributed by atoms with Gasteiger partial charge in [-0.05, 0) is 109 Å². The highest BCUT2D eigenvalue weighted by molar-refractivity contribution is 7.45. The summed E-state index contributed by atoms with van der Waals surface area (Å²) in [4.78, 5) is 39.9. The van der Waals surface area contributed by atoms with Crippen molar-refractivity contribution >= 4 is 19.7 Å². The van der Waals surface area contributed by atoms with E-state index in [2.05, 4.69) is 123 Å². The summed E-state index contributed by atoms with van der Waals surface area (Å²) in [5.41, 5.74) is 0. The Balaban J connectivity index is 5.51. The summed E-state index contributed by atoms with van der Waals surface area (Å²) in [6.45, 7) is 6.62. The summed E-state index contributed by atoms with van der Waals surface area (Å²) in [5, 5.41) is 2.98. The summed E-state index contributed by atoms with van der Waals surface area (Å²) in [7, 11) is 1.12. The van der Waals surface area contributed by atoms with Crippen LogP contribution in [0.25, 0.3) is 0 Å². The van der Waals surface area contributed by atoms with Crippen molar-refractivity contribution in [3.8, 4) is 0 Å². The molecule has 0 heterocycles. The van der Waals surface area contributed by atoms with Crippen LogP contribution < -0.4 is 10.2 Å². The van der Waals surface area contributed by atoms with Gasteiger partial charge >= 0.3 is 5.97 Å². The number of nitrogens with one attached hydrogen (secondary N) is 1. The van der Waals surface area contributed by atoms with Gasteiger partial charge in [-0.25, -0.2) is 0 Å². The van der Waals surface area contributed by atoms with Gasteiger partial charge in [-0.2, -0.15) is 0 Å². The number of hydrogen-bond donors (Lipinski definition) is 1. The second-order valence-corrected chi connectivity index (χ2v) is 21.8. The van der Waals surface area contributed by atoms with Gasteiger partial charge in [0, 0.05) is 12.8 Å². The van der Waals surface area contributed by atoms with E-state index in [0.717, 1.165) is 96.3 Å². The lowest BCUT2D eigenvalue weighted by atomic mass is 10.0. The zero-order valence-corrected chi connectivity index (χ0v) is 48.4. The van der Waals surface area contributed by atoms with Crippen LogP contribution in [0.15, 0.2) is 109 Å². The highest BCUT2D eigenvalue weighted by atomic mass is 31.2. The van der Waals surface area contributed by atoms with E-state index >= 15 is 0 Å². The number of hydrogen-bond acceptors (Lipinski definition) is 7. The van der Waals surface area contributed by atoms with Gasteiger partial charge in [-0.15, -0.1) is 0 Å². The number of nitrogens with zero attached hydrogens (tertiary/aromatic N) is 1. The van der Waals surface area contributed by atoms with Gasteiger partial charge in [0.15, 0.2) is 0 Å². The largest absolute Gasteiger partial charge is 0.756 e. The van der Waals surface area contributed by atoms with Crippen LogP contribution in [0, 0.1) is 0 Å². The highest BCUT2D eigenvalue weighted by Gasteiger charge is 2.27. The molecule has 0 aliphatic carbocycles. The van der Waals surface area contributed by atoms with E-state index in [9.17, 15) is 19.0 Å². The maximum absolute atomic E-state index is 13.5. The fourth-order valence-corrected chi connectivity index (χ4v) is 8.40. The minimum absolute atomic E-state index is 0.0423. The molecule has 0 bridgehead atoms. The van der Waals surface area contributed by atoms with Crippen LogP contribution in [0.5, 0.6) is 0 Å². The van der Waals surface area contributed by atoms with Crippen molar-refractivity contribution in [1.29, 1.82) is 0 Å². The Labute approximate surface area is 449 Å². The Morgan fingerprint density at radius 1 is 0.493 bits per heavy atom. The summed E-state index contributed by atoms with van der Waals surface area (Å²) < 4.78 is 30.2. The second-order valence-electron chi connectivity index (χ2n) is 20.4. The van der Waals surface area contributed by atoms with Gasteiger partial charge in [0.05, 0.1) is 33.8 Å². The third-order valence-electron chi connectivity index (χ3n) is 12.2. The van der Waals surface area contributed by atoms with Crippen LogP contribution >= 0.6 is 7.82 Å². The molecule has 0 rings (SSSR count). The predicted molar refractivity (Wildman–Crippen MR) is 311 cm³/mol. The van der Waals surface area contributed by atoms with Crippen molar-refractivity contribution in [3.63, 3.8) is 0 Å². The monoisotopic (exact) mass is 1040 g/mol. The third kappa shape index (κ3) is 53.3. The first-order chi connectivity index (χ1) is 35.4. The molecule has 0 aromatic carbocycles. The maximum Gasteiger partial charge on any atom is 0.306 e. The number of ether oxygens (including phenoxy) is 1. The standard InChI is InChI=1S/C63H109N2O7P/c1-7-10-13-16-19-22-25-28-30-32-34-37-40-43-46-49-52-55-62(66)64-60(59-71-73(68,69)70-58-57-65(4,5)6)61(54-51-48-45-42-39-36-27-24-21-18-15-12-9-3)72-63(67)56-53-50-47-44-41-38-35-33-31-29-26-23-20-17-14-11-8-2/h10,13,19-20,22-23,28-31,34-35,37-38,43,46,51,54,60-61H,7-9,11-12,14-18,21,24-27,32-33,36,39-42,44-45,47-50,52-53,55-59H2,1-6H3,(H-,64,66,68,69)/b13-10-,22-19-,23-20-,30-28-,31-29-,37-34-,38-35-,46-43-,54-51+. The molecule has 0 fully saturated rings. The minimum Gasteiger partial charge on any atom is -0.756 e. The summed E-state index contributed by atoms with van der Waals surface area (Å²) in [6, 6.07) is -0.934. The molecule has 3 unspecified atom stereocenters. The number of allylic oxidation sites excluding steroid dienone is 17. The third-order valence-corrected chi connectivity index (χ3v) is 13.2. The molecule has 0 spiro atoms. The number of unbranched alkanes of at least 4 members (excludes halogenated alkanes) is 19. The van der Waals surface area contributed by atoms with Gasteiger partial charge in [-0.1, -0.05) is 214 Å². The van der Waals surface area contributed by atoms with Crippen molar-refractivity contribution in [2.75, 3.05) is 40.9 Å². The molecule has 3 atom stereocenters. The van der Waals surface area contributed by atoms with E-state index in [0.29, 0.717) is 23.9 Å². The molecule has 0 aromatic rings. The lowest BCUT2D eigenvalue weighted by Crippen LogP contribution is -2.47. The topological polar surface area (TPSA) is 114 Å². The molecule has 10 heteroatoms. The Kier molecular flexibility index (Phi) is 49.7. The summed E-state index contributed by atoms with van der Waals surface area (Å²) in [5.74, 6) is -0.642. The number of phosphoric acid groups is 1.